The first kappa shape index (κ1) is 14.3. The highest BCUT2D eigenvalue weighted by Crippen LogP contribution is 2.21. The van der Waals surface area contributed by atoms with Gasteiger partial charge in [-0.2, -0.15) is 0 Å². The van der Waals surface area contributed by atoms with Gasteiger partial charge in [0.05, 0.1) is 17.8 Å². The van der Waals surface area contributed by atoms with E-state index in [1.165, 1.54) is 17.7 Å². The molecule has 22 heavy (non-hydrogen) atoms. The smallest absolute Gasteiger partial charge is 0.230 e. The van der Waals surface area contributed by atoms with Crippen LogP contribution in [0.1, 0.15) is 16.1 Å². The first-order valence-electron chi connectivity index (χ1n) is 6.68. The Labute approximate surface area is 131 Å². The average Bonchev–Trinajstić information content (AvgIpc) is 3.11. The second kappa shape index (κ2) is 6.02. The topological polar surface area (TPSA) is 85.6 Å². The number of aryl methyl sites for hydroxylation is 2. The van der Waals surface area contributed by atoms with Gasteiger partial charge in [0.1, 0.15) is 6.33 Å². The summed E-state index contributed by atoms with van der Waals surface area (Å²) in [6.45, 7) is 3.92. The Morgan fingerprint density at radius 2 is 2.05 bits per heavy atom. The summed E-state index contributed by atoms with van der Waals surface area (Å²) in [5.74, 6) is -0.0797. The zero-order valence-electron chi connectivity index (χ0n) is 12.1. The van der Waals surface area contributed by atoms with Crippen LogP contribution in [0.25, 0.3) is 5.69 Å². The molecule has 0 aliphatic carbocycles. The molecule has 1 amide bonds. The zero-order chi connectivity index (χ0) is 15.5. The standard InChI is InChI=1S/C14H14N6OS/c1-9-10(2)22-14(16-9)17-13(21)7-11-3-5-12(6-4-11)20-8-15-18-19-20/h3-6,8H,7H2,1-2H3,(H,16,17,21). The Bertz CT molecular complexity index is 759. The van der Waals surface area contributed by atoms with Gasteiger partial charge in [0.2, 0.25) is 5.91 Å². The molecule has 3 aromatic rings. The first-order valence-corrected chi connectivity index (χ1v) is 7.49. The molecule has 0 atom stereocenters. The van der Waals surface area contributed by atoms with E-state index < -0.39 is 0 Å². The molecule has 2 heterocycles. The van der Waals surface area contributed by atoms with Crippen LogP contribution in [-0.2, 0) is 11.2 Å². The normalized spacial score (nSPS) is 10.6. The molecule has 112 valence electrons. The Balaban J connectivity index is 1.64. The second-order valence-corrected chi connectivity index (χ2v) is 6.01. The molecule has 0 spiro atoms. The first-order chi connectivity index (χ1) is 10.6. The lowest BCUT2D eigenvalue weighted by Crippen LogP contribution is -2.14. The lowest BCUT2D eigenvalue weighted by Gasteiger charge is -2.04. The molecule has 0 aliphatic rings. The molecular weight excluding hydrogens is 300 g/mol. The predicted molar refractivity (Wildman–Crippen MR) is 83.1 cm³/mol. The SMILES string of the molecule is Cc1nc(NC(=O)Cc2ccc(-n3cnnn3)cc2)sc1C. The molecule has 0 fully saturated rings. The van der Waals surface area contributed by atoms with Crippen LogP contribution in [0.4, 0.5) is 5.13 Å². The van der Waals surface area contributed by atoms with Gasteiger partial charge in [-0.3, -0.25) is 4.79 Å². The molecule has 1 N–H and O–H groups in total. The van der Waals surface area contributed by atoms with Gasteiger partial charge < -0.3 is 5.32 Å². The van der Waals surface area contributed by atoms with Crippen molar-refractivity contribution in [2.75, 3.05) is 5.32 Å². The van der Waals surface area contributed by atoms with Gasteiger partial charge in [0, 0.05) is 4.88 Å². The van der Waals surface area contributed by atoms with Crippen LogP contribution in [0.2, 0.25) is 0 Å². The van der Waals surface area contributed by atoms with Crippen molar-refractivity contribution in [2.24, 2.45) is 0 Å². The molecule has 3 rings (SSSR count). The van der Waals surface area contributed by atoms with Gasteiger partial charge in [-0.05, 0) is 42.0 Å². The number of benzene rings is 1. The molecule has 7 nitrogen and oxygen atoms in total. The van der Waals surface area contributed by atoms with Crippen molar-refractivity contribution in [1.29, 1.82) is 0 Å². The van der Waals surface area contributed by atoms with Crippen molar-refractivity contribution in [3.05, 3.63) is 46.7 Å². The largest absolute Gasteiger partial charge is 0.302 e. The predicted octanol–water partition coefficient (Wildman–Crippen LogP) is 1.92. The van der Waals surface area contributed by atoms with Gasteiger partial charge >= 0.3 is 0 Å². The molecular formula is C14H14N6OS. The van der Waals surface area contributed by atoms with E-state index in [0.29, 0.717) is 11.6 Å². The summed E-state index contributed by atoms with van der Waals surface area (Å²) in [4.78, 5) is 17.4. The van der Waals surface area contributed by atoms with Crippen molar-refractivity contribution in [2.45, 2.75) is 20.3 Å². The van der Waals surface area contributed by atoms with E-state index in [1.54, 1.807) is 4.68 Å². The number of rotatable bonds is 4. The molecule has 0 unspecified atom stereocenters. The van der Waals surface area contributed by atoms with Crippen LogP contribution in [0.15, 0.2) is 30.6 Å². The van der Waals surface area contributed by atoms with E-state index in [4.69, 9.17) is 0 Å². The molecule has 0 radical (unpaired) electrons. The number of tetrazole rings is 1. The maximum absolute atomic E-state index is 12.0. The fourth-order valence-electron chi connectivity index (χ4n) is 1.92. The average molecular weight is 314 g/mol. The van der Waals surface area contributed by atoms with Crippen LogP contribution >= 0.6 is 11.3 Å². The third-order valence-corrected chi connectivity index (χ3v) is 4.18. The van der Waals surface area contributed by atoms with Crippen molar-refractivity contribution in [1.82, 2.24) is 25.2 Å². The minimum absolute atomic E-state index is 0.0797. The minimum Gasteiger partial charge on any atom is -0.302 e. The van der Waals surface area contributed by atoms with Gasteiger partial charge in [-0.15, -0.1) is 16.4 Å². The Morgan fingerprint density at radius 3 is 2.64 bits per heavy atom. The van der Waals surface area contributed by atoms with Crippen LogP contribution in [0, 0.1) is 13.8 Å². The fraction of sp³-hybridized carbons (Fsp3) is 0.214. The summed E-state index contributed by atoms with van der Waals surface area (Å²) in [7, 11) is 0. The number of carbonyl (C=O) groups excluding carboxylic acids is 1. The number of nitrogens with zero attached hydrogens (tertiary/aromatic N) is 5. The number of thiazole rings is 1. The third-order valence-electron chi connectivity index (χ3n) is 3.19. The van der Waals surface area contributed by atoms with Gasteiger partial charge in [0.15, 0.2) is 5.13 Å². The quantitative estimate of drug-likeness (QED) is 0.795. The summed E-state index contributed by atoms with van der Waals surface area (Å²) in [6.07, 6.45) is 1.82. The highest BCUT2D eigenvalue weighted by Gasteiger charge is 2.09. The van der Waals surface area contributed by atoms with E-state index in [0.717, 1.165) is 21.8 Å². The van der Waals surface area contributed by atoms with E-state index in [1.807, 2.05) is 38.1 Å². The number of nitrogens with one attached hydrogen (secondary N) is 1. The fourth-order valence-corrected chi connectivity index (χ4v) is 2.75. The summed E-state index contributed by atoms with van der Waals surface area (Å²) in [6, 6.07) is 7.51. The number of hydrogen-bond acceptors (Lipinski definition) is 6. The number of anilines is 1. The second-order valence-electron chi connectivity index (χ2n) is 4.81. The minimum atomic E-state index is -0.0797. The maximum Gasteiger partial charge on any atom is 0.230 e. The Kier molecular flexibility index (Phi) is 3.92. The van der Waals surface area contributed by atoms with Gasteiger partial charge in [0.25, 0.3) is 0 Å². The number of carbonyl (C=O) groups is 1. The van der Waals surface area contributed by atoms with E-state index in [-0.39, 0.29) is 5.91 Å². The lowest BCUT2D eigenvalue weighted by atomic mass is 10.1. The zero-order valence-corrected chi connectivity index (χ0v) is 13.0. The third kappa shape index (κ3) is 3.17. The molecule has 0 bridgehead atoms. The molecule has 0 saturated carbocycles. The number of amides is 1. The van der Waals surface area contributed by atoms with Crippen molar-refractivity contribution in [3.63, 3.8) is 0 Å². The molecule has 0 aliphatic heterocycles. The molecule has 0 saturated heterocycles. The highest BCUT2D eigenvalue weighted by atomic mass is 32.1. The molecule has 1 aromatic carbocycles. The Morgan fingerprint density at radius 1 is 1.27 bits per heavy atom. The van der Waals surface area contributed by atoms with Crippen LogP contribution < -0.4 is 5.32 Å². The number of aromatic nitrogens is 5. The molecule has 2 aromatic heterocycles. The summed E-state index contributed by atoms with van der Waals surface area (Å²) >= 11 is 1.49. The lowest BCUT2D eigenvalue weighted by molar-refractivity contribution is -0.115. The van der Waals surface area contributed by atoms with Crippen LogP contribution in [0.3, 0.4) is 0 Å². The van der Waals surface area contributed by atoms with Gasteiger partial charge in [-0.25, -0.2) is 9.67 Å². The van der Waals surface area contributed by atoms with E-state index in [2.05, 4.69) is 25.8 Å². The summed E-state index contributed by atoms with van der Waals surface area (Å²) < 4.78 is 1.56. The maximum atomic E-state index is 12.0. The van der Waals surface area contributed by atoms with Crippen LogP contribution in [0.5, 0.6) is 0 Å². The van der Waals surface area contributed by atoms with Crippen molar-refractivity contribution < 1.29 is 4.79 Å². The molecule has 8 heteroatoms. The number of hydrogen-bond donors (Lipinski definition) is 1. The van der Waals surface area contributed by atoms with Crippen molar-refractivity contribution >= 4 is 22.4 Å². The van der Waals surface area contributed by atoms with E-state index in [9.17, 15) is 4.79 Å². The van der Waals surface area contributed by atoms with Crippen LogP contribution in [-0.4, -0.2) is 31.1 Å². The Hall–Kier alpha value is -2.61. The summed E-state index contributed by atoms with van der Waals surface area (Å²) in [5.41, 5.74) is 2.71. The van der Waals surface area contributed by atoms with E-state index >= 15 is 0 Å². The van der Waals surface area contributed by atoms with Gasteiger partial charge in [-0.1, -0.05) is 12.1 Å². The monoisotopic (exact) mass is 314 g/mol. The highest BCUT2D eigenvalue weighted by molar-refractivity contribution is 7.15. The van der Waals surface area contributed by atoms with Crippen molar-refractivity contribution in [3.8, 4) is 5.69 Å². The summed E-state index contributed by atoms with van der Waals surface area (Å²) in [5, 5.41) is 14.5.